The molecule has 0 bridgehead atoms. The van der Waals surface area contributed by atoms with Crippen LogP contribution in [-0.4, -0.2) is 6.54 Å². The summed E-state index contributed by atoms with van der Waals surface area (Å²) in [4.78, 5) is 2.55. The lowest BCUT2D eigenvalue weighted by Gasteiger charge is -2.04. The molecule has 17 heavy (non-hydrogen) atoms. The summed E-state index contributed by atoms with van der Waals surface area (Å²) >= 11 is 1.79. The van der Waals surface area contributed by atoms with E-state index < -0.39 is 0 Å². The van der Waals surface area contributed by atoms with Gasteiger partial charge in [-0.05, 0) is 49.7 Å². The van der Waals surface area contributed by atoms with Crippen LogP contribution < -0.4 is 5.73 Å². The molecule has 0 radical (unpaired) electrons. The van der Waals surface area contributed by atoms with Crippen LogP contribution in [-0.2, 0) is 6.42 Å². The molecule has 2 heteroatoms. The molecular formula is C15H17NS. The van der Waals surface area contributed by atoms with Crippen molar-refractivity contribution in [1.29, 1.82) is 0 Å². The number of benzene rings is 2. The molecule has 0 spiro atoms. The second-order valence-electron chi connectivity index (χ2n) is 4.10. The molecule has 0 saturated carbocycles. The second-order valence-corrected chi connectivity index (χ2v) is 5.24. The van der Waals surface area contributed by atoms with Gasteiger partial charge < -0.3 is 5.73 Å². The van der Waals surface area contributed by atoms with Gasteiger partial charge >= 0.3 is 0 Å². The van der Waals surface area contributed by atoms with E-state index in [2.05, 4.69) is 55.5 Å². The Kier molecular flexibility index (Phi) is 4.24. The molecule has 0 heterocycles. The number of hydrogen-bond donors (Lipinski definition) is 1. The van der Waals surface area contributed by atoms with E-state index in [9.17, 15) is 0 Å². The Morgan fingerprint density at radius 3 is 1.94 bits per heavy atom. The Bertz CT molecular complexity index is 459. The van der Waals surface area contributed by atoms with Gasteiger partial charge in [0.1, 0.15) is 0 Å². The highest BCUT2D eigenvalue weighted by Gasteiger charge is 1.97. The van der Waals surface area contributed by atoms with Crippen molar-refractivity contribution in [3.05, 3.63) is 59.7 Å². The molecule has 0 aliphatic carbocycles. The molecule has 0 unspecified atom stereocenters. The summed E-state index contributed by atoms with van der Waals surface area (Å²) < 4.78 is 0. The van der Waals surface area contributed by atoms with Crippen LogP contribution in [0, 0.1) is 6.92 Å². The van der Waals surface area contributed by atoms with Crippen molar-refractivity contribution in [1.82, 2.24) is 0 Å². The Labute approximate surface area is 107 Å². The van der Waals surface area contributed by atoms with Crippen LogP contribution in [0.15, 0.2) is 58.3 Å². The molecule has 1 nitrogen and oxygen atoms in total. The third kappa shape index (κ3) is 3.62. The first kappa shape index (κ1) is 12.2. The summed E-state index contributed by atoms with van der Waals surface area (Å²) in [5.41, 5.74) is 8.14. The van der Waals surface area contributed by atoms with Gasteiger partial charge in [0.2, 0.25) is 0 Å². The fourth-order valence-corrected chi connectivity index (χ4v) is 2.45. The lowest BCUT2D eigenvalue weighted by molar-refractivity contribution is 0.966. The Morgan fingerprint density at radius 2 is 1.41 bits per heavy atom. The molecule has 88 valence electrons. The monoisotopic (exact) mass is 243 g/mol. The van der Waals surface area contributed by atoms with Gasteiger partial charge in [-0.25, -0.2) is 0 Å². The minimum Gasteiger partial charge on any atom is -0.330 e. The van der Waals surface area contributed by atoms with Crippen molar-refractivity contribution in [2.24, 2.45) is 5.73 Å². The maximum atomic E-state index is 5.53. The third-order valence-electron chi connectivity index (χ3n) is 2.61. The van der Waals surface area contributed by atoms with Gasteiger partial charge in [0.05, 0.1) is 0 Å². The smallest absolute Gasteiger partial charge is 0.0122 e. The maximum Gasteiger partial charge on any atom is 0.0122 e. The van der Waals surface area contributed by atoms with Gasteiger partial charge in [-0.1, -0.05) is 41.6 Å². The van der Waals surface area contributed by atoms with E-state index in [4.69, 9.17) is 5.73 Å². The van der Waals surface area contributed by atoms with E-state index in [-0.39, 0.29) is 0 Å². The van der Waals surface area contributed by atoms with Crippen LogP contribution in [0.1, 0.15) is 11.1 Å². The molecule has 0 atom stereocenters. The zero-order valence-corrected chi connectivity index (χ0v) is 10.8. The standard InChI is InChI=1S/C15H17NS/c1-12-2-6-14(7-3-12)17-15-8-4-13(5-9-15)10-11-16/h2-9H,10-11,16H2,1H3. The fraction of sp³-hybridized carbons (Fsp3) is 0.200. The zero-order valence-electron chi connectivity index (χ0n) is 10.0. The third-order valence-corrected chi connectivity index (χ3v) is 3.63. The topological polar surface area (TPSA) is 26.0 Å². The molecule has 2 aromatic rings. The predicted octanol–water partition coefficient (Wildman–Crippen LogP) is 3.65. The van der Waals surface area contributed by atoms with Crippen LogP contribution >= 0.6 is 11.8 Å². The van der Waals surface area contributed by atoms with E-state index >= 15 is 0 Å². The predicted molar refractivity (Wildman–Crippen MR) is 74.5 cm³/mol. The Balaban J connectivity index is 2.05. The summed E-state index contributed by atoms with van der Waals surface area (Å²) in [6.45, 7) is 2.82. The quantitative estimate of drug-likeness (QED) is 0.887. The van der Waals surface area contributed by atoms with Gasteiger partial charge in [0.25, 0.3) is 0 Å². The first-order valence-corrected chi connectivity index (χ1v) is 6.63. The Hall–Kier alpha value is -1.25. The summed E-state index contributed by atoms with van der Waals surface area (Å²) in [6.07, 6.45) is 0.954. The molecule has 0 saturated heterocycles. The second kappa shape index (κ2) is 5.89. The van der Waals surface area contributed by atoms with E-state index in [1.54, 1.807) is 11.8 Å². The maximum absolute atomic E-state index is 5.53. The summed E-state index contributed by atoms with van der Waals surface area (Å²) in [5.74, 6) is 0. The average Bonchev–Trinajstić information content (AvgIpc) is 2.35. The van der Waals surface area contributed by atoms with Crippen molar-refractivity contribution in [3.63, 3.8) is 0 Å². The van der Waals surface area contributed by atoms with Crippen LogP contribution in [0.4, 0.5) is 0 Å². The zero-order chi connectivity index (χ0) is 12.1. The van der Waals surface area contributed by atoms with Gasteiger partial charge in [-0.2, -0.15) is 0 Å². The van der Waals surface area contributed by atoms with E-state index in [1.165, 1.54) is 20.9 Å². The van der Waals surface area contributed by atoms with Crippen LogP contribution in [0.3, 0.4) is 0 Å². The molecular weight excluding hydrogens is 226 g/mol. The lowest BCUT2D eigenvalue weighted by Crippen LogP contribution is -2.02. The highest BCUT2D eigenvalue weighted by Crippen LogP contribution is 2.27. The van der Waals surface area contributed by atoms with E-state index in [0.29, 0.717) is 6.54 Å². The molecule has 0 aliphatic heterocycles. The molecule has 2 N–H and O–H groups in total. The Morgan fingerprint density at radius 1 is 0.882 bits per heavy atom. The number of rotatable bonds is 4. The number of aryl methyl sites for hydroxylation is 1. The molecule has 0 aliphatic rings. The SMILES string of the molecule is Cc1ccc(Sc2ccc(CCN)cc2)cc1. The van der Waals surface area contributed by atoms with Crippen LogP contribution in [0.25, 0.3) is 0 Å². The van der Waals surface area contributed by atoms with Crippen molar-refractivity contribution < 1.29 is 0 Å². The lowest BCUT2D eigenvalue weighted by atomic mass is 10.2. The first-order chi connectivity index (χ1) is 8.28. The van der Waals surface area contributed by atoms with Crippen LogP contribution in [0.5, 0.6) is 0 Å². The molecule has 2 aromatic carbocycles. The van der Waals surface area contributed by atoms with Crippen molar-refractivity contribution in [3.8, 4) is 0 Å². The first-order valence-electron chi connectivity index (χ1n) is 5.81. The largest absolute Gasteiger partial charge is 0.330 e. The van der Waals surface area contributed by atoms with Crippen molar-refractivity contribution in [2.45, 2.75) is 23.1 Å². The molecule has 0 amide bonds. The minimum absolute atomic E-state index is 0.713. The highest BCUT2D eigenvalue weighted by atomic mass is 32.2. The molecule has 2 rings (SSSR count). The normalized spacial score (nSPS) is 10.5. The number of hydrogen-bond acceptors (Lipinski definition) is 2. The summed E-state index contributed by atoms with van der Waals surface area (Å²) in [5, 5.41) is 0. The average molecular weight is 243 g/mol. The van der Waals surface area contributed by atoms with Crippen LogP contribution in [0.2, 0.25) is 0 Å². The summed E-state index contributed by atoms with van der Waals surface area (Å²) in [7, 11) is 0. The van der Waals surface area contributed by atoms with Gasteiger partial charge in [0, 0.05) is 9.79 Å². The number of nitrogens with two attached hydrogens (primary N) is 1. The van der Waals surface area contributed by atoms with Crippen molar-refractivity contribution >= 4 is 11.8 Å². The van der Waals surface area contributed by atoms with Gasteiger partial charge in [-0.15, -0.1) is 0 Å². The van der Waals surface area contributed by atoms with E-state index in [1.807, 2.05) is 0 Å². The summed E-state index contributed by atoms with van der Waals surface area (Å²) in [6, 6.07) is 17.2. The van der Waals surface area contributed by atoms with Gasteiger partial charge in [0.15, 0.2) is 0 Å². The van der Waals surface area contributed by atoms with Crippen molar-refractivity contribution in [2.75, 3.05) is 6.54 Å². The molecule has 0 aromatic heterocycles. The fourth-order valence-electron chi connectivity index (χ4n) is 1.63. The van der Waals surface area contributed by atoms with Gasteiger partial charge in [-0.3, -0.25) is 0 Å². The molecule has 0 fully saturated rings. The highest BCUT2D eigenvalue weighted by molar-refractivity contribution is 7.99. The van der Waals surface area contributed by atoms with E-state index in [0.717, 1.165) is 6.42 Å². The minimum atomic E-state index is 0.713.